The standard InChI is InChI=1S/C24H15F3N2O3S/c1-12-20(24-28-22-21(27)16(25)10-17(26)23(22)33-24)15-9-14(32-13-5-3-2-4-6-13)7-8-18(15)29(12)11-19(30)31/h2-10H,11H2,1H3,(H,30,31). The number of para-hydroxylation sites is 1. The Morgan fingerprint density at radius 2 is 1.82 bits per heavy atom. The van der Waals surface area contributed by atoms with E-state index >= 15 is 0 Å². The first kappa shape index (κ1) is 21.0. The van der Waals surface area contributed by atoms with Crippen molar-refractivity contribution in [2.24, 2.45) is 0 Å². The van der Waals surface area contributed by atoms with E-state index in [9.17, 15) is 23.1 Å². The summed E-state index contributed by atoms with van der Waals surface area (Å²) < 4.78 is 49.7. The number of carbonyl (C=O) groups is 1. The predicted octanol–water partition coefficient (Wildman–Crippen LogP) is 6.52. The molecule has 0 atom stereocenters. The van der Waals surface area contributed by atoms with Gasteiger partial charge in [0.15, 0.2) is 11.6 Å². The lowest BCUT2D eigenvalue weighted by Gasteiger charge is -2.07. The van der Waals surface area contributed by atoms with Crippen molar-refractivity contribution in [2.45, 2.75) is 13.5 Å². The fourth-order valence-electron chi connectivity index (χ4n) is 3.85. The molecule has 5 rings (SSSR count). The summed E-state index contributed by atoms with van der Waals surface area (Å²) >= 11 is 0.877. The average molecular weight is 468 g/mol. The zero-order valence-corrected chi connectivity index (χ0v) is 17.9. The number of thiazole rings is 1. The number of ether oxygens (including phenoxy) is 1. The van der Waals surface area contributed by atoms with E-state index in [0.29, 0.717) is 39.7 Å². The fraction of sp³-hybridized carbons (Fsp3) is 0.0833. The van der Waals surface area contributed by atoms with Gasteiger partial charge in [-0.2, -0.15) is 0 Å². The number of benzene rings is 3. The Morgan fingerprint density at radius 1 is 1.06 bits per heavy atom. The minimum absolute atomic E-state index is 0.112. The lowest BCUT2D eigenvalue weighted by molar-refractivity contribution is -0.137. The highest BCUT2D eigenvalue weighted by molar-refractivity contribution is 7.21. The molecule has 9 heteroatoms. The second-order valence-corrected chi connectivity index (χ2v) is 8.38. The lowest BCUT2D eigenvalue weighted by atomic mass is 10.1. The van der Waals surface area contributed by atoms with Crippen LogP contribution in [-0.4, -0.2) is 20.6 Å². The van der Waals surface area contributed by atoms with Crippen molar-refractivity contribution >= 4 is 38.4 Å². The quantitative estimate of drug-likeness (QED) is 0.298. The number of hydrogen-bond donors (Lipinski definition) is 1. The van der Waals surface area contributed by atoms with E-state index in [-0.39, 0.29) is 16.3 Å². The van der Waals surface area contributed by atoms with Gasteiger partial charge < -0.3 is 14.4 Å². The molecule has 0 fully saturated rings. The van der Waals surface area contributed by atoms with E-state index in [1.165, 1.54) is 0 Å². The molecule has 0 saturated heterocycles. The van der Waals surface area contributed by atoms with Crippen LogP contribution < -0.4 is 4.74 Å². The molecule has 166 valence electrons. The summed E-state index contributed by atoms with van der Waals surface area (Å²) in [5.41, 5.74) is 1.24. The summed E-state index contributed by atoms with van der Waals surface area (Å²) in [6, 6.07) is 14.8. The Bertz CT molecular complexity index is 1540. The highest BCUT2D eigenvalue weighted by Gasteiger charge is 2.23. The Kier molecular flexibility index (Phi) is 5.05. The molecule has 0 aliphatic carbocycles. The molecule has 3 aromatic carbocycles. The first-order valence-corrected chi connectivity index (χ1v) is 10.7. The van der Waals surface area contributed by atoms with Crippen LogP contribution in [0, 0.1) is 24.4 Å². The van der Waals surface area contributed by atoms with E-state index in [2.05, 4.69) is 4.98 Å². The molecular formula is C24H15F3N2O3S. The fourth-order valence-corrected chi connectivity index (χ4v) is 4.93. The summed E-state index contributed by atoms with van der Waals surface area (Å²) in [5, 5.41) is 10.2. The van der Waals surface area contributed by atoms with E-state index in [0.717, 1.165) is 11.3 Å². The monoisotopic (exact) mass is 468 g/mol. The largest absolute Gasteiger partial charge is 0.480 e. The van der Waals surface area contributed by atoms with Crippen LogP contribution in [0.2, 0.25) is 0 Å². The summed E-state index contributed by atoms with van der Waals surface area (Å²) in [5.74, 6) is -3.40. The van der Waals surface area contributed by atoms with E-state index in [1.54, 1.807) is 41.8 Å². The number of rotatable bonds is 5. The van der Waals surface area contributed by atoms with Crippen molar-refractivity contribution in [3.63, 3.8) is 0 Å². The number of carboxylic acid groups (broad SMARTS) is 1. The highest BCUT2D eigenvalue weighted by atomic mass is 32.1. The topological polar surface area (TPSA) is 64.4 Å². The van der Waals surface area contributed by atoms with Crippen molar-refractivity contribution < 1.29 is 27.8 Å². The van der Waals surface area contributed by atoms with Gasteiger partial charge in [-0.05, 0) is 37.3 Å². The maximum atomic E-state index is 14.3. The third-order valence-corrected chi connectivity index (χ3v) is 6.38. The predicted molar refractivity (Wildman–Crippen MR) is 119 cm³/mol. The molecule has 0 radical (unpaired) electrons. The molecule has 0 unspecified atom stereocenters. The van der Waals surface area contributed by atoms with Crippen LogP contribution in [0.4, 0.5) is 13.2 Å². The minimum Gasteiger partial charge on any atom is -0.480 e. The first-order valence-electron chi connectivity index (χ1n) is 9.85. The third kappa shape index (κ3) is 3.60. The lowest BCUT2D eigenvalue weighted by Crippen LogP contribution is -2.09. The molecule has 2 aromatic heterocycles. The second kappa shape index (κ2) is 7.93. The highest BCUT2D eigenvalue weighted by Crippen LogP contribution is 2.41. The van der Waals surface area contributed by atoms with Crippen molar-refractivity contribution in [2.75, 3.05) is 0 Å². The van der Waals surface area contributed by atoms with Gasteiger partial charge in [0.05, 0.1) is 4.70 Å². The second-order valence-electron chi connectivity index (χ2n) is 7.39. The van der Waals surface area contributed by atoms with E-state index in [4.69, 9.17) is 4.74 Å². The zero-order valence-electron chi connectivity index (χ0n) is 17.1. The van der Waals surface area contributed by atoms with Gasteiger partial charge in [-0.1, -0.05) is 18.2 Å². The van der Waals surface area contributed by atoms with Crippen molar-refractivity contribution in [3.05, 3.63) is 77.7 Å². The van der Waals surface area contributed by atoms with Crippen LogP contribution >= 0.6 is 11.3 Å². The molecule has 1 N–H and O–H groups in total. The SMILES string of the molecule is Cc1c(-c2nc3c(F)c(F)cc(F)c3s2)c2cc(Oc3ccccc3)ccc2n1CC(=O)O. The number of carboxylic acids is 1. The molecule has 0 bridgehead atoms. The van der Waals surface area contributed by atoms with Crippen LogP contribution in [-0.2, 0) is 11.3 Å². The number of nitrogens with zero attached hydrogens (tertiary/aromatic N) is 2. The van der Waals surface area contributed by atoms with Gasteiger partial charge in [0.25, 0.3) is 0 Å². The van der Waals surface area contributed by atoms with Crippen LogP contribution in [0.25, 0.3) is 31.7 Å². The number of fused-ring (bicyclic) bond motifs is 2. The number of aliphatic carboxylic acids is 1. The van der Waals surface area contributed by atoms with Gasteiger partial charge in [-0.15, -0.1) is 11.3 Å². The zero-order chi connectivity index (χ0) is 23.3. The first-order chi connectivity index (χ1) is 15.8. The molecule has 5 aromatic rings. The molecular weight excluding hydrogens is 453 g/mol. The summed E-state index contributed by atoms with van der Waals surface area (Å²) in [4.78, 5) is 15.7. The van der Waals surface area contributed by atoms with Crippen LogP contribution in [0.5, 0.6) is 11.5 Å². The molecule has 0 aliphatic rings. The Hall–Kier alpha value is -3.85. The van der Waals surface area contributed by atoms with Crippen LogP contribution in [0.1, 0.15) is 5.69 Å². The van der Waals surface area contributed by atoms with E-state index in [1.807, 2.05) is 18.2 Å². The maximum Gasteiger partial charge on any atom is 0.323 e. The number of aromatic nitrogens is 2. The molecule has 2 heterocycles. The Balaban J connectivity index is 1.74. The molecule has 0 aliphatic heterocycles. The van der Waals surface area contributed by atoms with Crippen LogP contribution in [0.3, 0.4) is 0 Å². The van der Waals surface area contributed by atoms with Gasteiger partial charge in [-0.25, -0.2) is 18.2 Å². The van der Waals surface area contributed by atoms with Gasteiger partial charge in [0.1, 0.15) is 34.4 Å². The Labute approximate surface area is 189 Å². The molecule has 5 nitrogen and oxygen atoms in total. The van der Waals surface area contributed by atoms with Gasteiger partial charge in [0.2, 0.25) is 0 Å². The molecule has 33 heavy (non-hydrogen) atoms. The summed E-state index contributed by atoms with van der Waals surface area (Å²) in [6.07, 6.45) is 0. The molecule has 0 amide bonds. The van der Waals surface area contributed by atoms with Crippen molar-refractivity contribution in [1.82, 2.24) is 9.55 Å². The number of halogens is 3. The third-order valence-electron chi connectivity index (χ3n) is 5.30. The van der Waals surface area contributed by atoms with Crippen LogP contribution in [0.15, 0.2) is 54.6 Å². The minimum atomic E-state index is -1.32. The summed E-state index contributed by atoms with van der Waals surface area (Å²) in [7, 11) is 0. The average Bonchev–Trinajstić information content (AvgIpc) is 3.33. The van der Waals surface area contributed by atoms with Gasteiger partial charge in [0, 0.05) is 28.2 Å². The number of hydrogen-bond acceptors (Lipinski definition) is 4. The molecule has 0 spiro atoms. The Morgan fingerprint density at radius 3 is 2.55 bits per heavy atom. The smallest absolute Gasteiger partial charge is 0.323 e. The maximum absolute atomic E-state index is 14.3. The molecule has 0 saturated carbocycles. The summed E-state index contributed by atoms with van der Waals surface area (Å²) in [6.45, 7) is 1.39. The van der Waals surface area contributed by atoms with Crippen molar-refractivity contribution in [1.29, 1.82) is 0 Å². The van der Waals surface area contributed by atoms with Crippen molar-refractivity contribution in [3.8, 4) is 22.1 Å². The van der Waals surface area contributed by atoms with Gasteiger partial charge in [-0.3, -0.25) is 4.79 Å². The van der Waals surface area contributed by atoms with E-state index < -0.39 is 28.9 Å². The normalized spacial score (nSPS) is 11.4. The van der Waals surface area contributed by atoms with Gasteiger partial charge >= 0.3 is 5.97 Å².